The lowest BCUT2D eigenvalue weighted by atomic mass is 10.3. The predicted octanol–water partition coefficient (Wildman–Crippen LogP) is 1.97. The van der Waals surface area contributed by atoms with Crippen molar-refractivity contribution in [3.05, 3.63) is 60.3 Å². The summed E-state index contributed by atoms with van der Waals surface area (Å²) in [5.41, 5.74) is 0. The molecule has 1 aliphatic rings. The number of carbonyl (C=O) groups is 1. The minimum Gasteiger partial charge on any atom is -0.465 e. The number of amides is 1. The maximum Gasteiger partial charge on any atom is 0.246 e. The lowest BCUT2D eigenvalue weighted by Gasteiger charge is -2.33. The molecule has 2 aromatic rings. The van der Waals surface area contributed by atoms with E-state index in [9.17, 15) is 17.6 Å². The molecule has 132 valence electrons. The van der Waals surface area contributed by atoms with E-state index in [4.69, 9.17) is 4.42 Å². The highest BCUT2D eigenvalue weighted by Gasteiger charge is 2.31. The van der Waals surface area contributed by atoms with Crippen molar-refractivity contribution in [3.8, 4) is 0 Å². The van der Waals surface area contributed by atoms with Crippen LogP contribution >= 0.6 is 0 Å². The minimum atomic E-state index is -3.90. The Balaban J connectivity index is 1.63. The van der Waals surface area contributed by atoms with Crippen LogP contribution in [0.5, 0.6) is 0 Å². The molecule has 0 saturated carbocycles. The van der Waals surface area contributed by atoms with E-state index in [-0.39, 0.29) is 37.0 Å². The SMILES string of the molecule is O=C(C=Cc1ccco1)N1CCN(S(=O)(=O)c2ccccc2F)CC1. The van der Waals surface area contributed by atoms with Gasteiger partial charge >= 0.3 is 0 Å². The second-order valence-corrected chi connectivity index (χ2v) is 7.41. The largest absolute Gasteiger partial charge is 0.465 e. The molecule has 0 bridgehead atoms. The van der Waals surface area contributed by atoms with Crippen LogP contribution < -0.4 is 0 Å². The van der Waals surface area contributed by atoms with E-state index >= 15 is 0 Å². The van der Waals surface area contributed by atoms with Crippen LogP contribution in [-0.4, -0.2) is 49.7 Å². The average molecular weight is 364 g/mol. The van der Waals surface area contributed by atoms with Gasteiger partial charge in [0, 0.05) is 32.3 Å². The molecule has 1 aromatic carbocycles. The zero-order chi connectivity index (χ0) is 17.9. The monoisotopic (exact) mass is 364 g/mol. The van der Waals surface area contributed by atoms with Crippen LogP contribution in [0.3, 0.4) is 0 Å². The van der Waals surface area contributed by atoms with E-state index < -0.39 is 15.8 Å². The molecule has 0 spiro atoms. The van der Waals surface area contributed by atoms with Crippen molar-refractivity contribution < 1.29 is 22.0 Å². The van der Waals surface area contributed by atoms with Crippen LogP contribution in [0.1, 0.15) is 5.76 Å². The van der Waals surface area contributed by atoms with Gasteiger partial charge in [-0.3, -0.25) is 4.79 Å². The first-order valence-electron chi connectivity index (χ1n) is 7.73. The number of hydrogen-bond donors (Lipinski definition) is 0. The Hall–Kier alpha value is -2.45. The van der Waals surface area contributed by atoms with Crippen molar-refractivity contribution >= 4 is 22.0 Å². The lowest BCUT2D eigenvalue weighted by Crippen LogP contribution is -2.50. The number of rotatable bonds is 4. The number of carbonyl (C=O) groups excluding carboxylic acids is 1. The zero-order valence-corrected chi connectivity index (χ0v) is 14.2. The van der Waals surface area contributed by atoms with Gasteiger partial charge in [-0.1, -0.05) is 12.1 Å². The summed E-state index contributed by atoms with van der Waals surface area (Å²) in [6.45, 7) is 0.734. The summed E-state index contributed by atoms with van der Waals surface area (Å²) in [7, 11) is -3.90. The van der Waals surface area contributed by atoms with Crippen LogP contribution in [0.25, 0.3) is 6.08 Å². The molecule has 0 aliphatic carbocycles. The van der Waals surface area contributed by atoms with E-state index in [1.54, 1.807) is 23.1 Å². The van der Waals surface area contributed by atoms with Crippen molar-refractivity contribution in [1.29, 1.82) is 0 Å². The fourth-order valence-corrected chi connectivity index (χ4v) is 4.07. The number of nitrogens with zero attached hydrogens (tertiary/aromatic N) is 2. The summed E-state index contributed by atoms with van der Waals surface area (Å²) in [4.78, 5) is 13.4. The molecule has 2 heterocycles. The Morgan fingerprint density at radius 3 is 2.44 bits per heavy atom. The zero-order valence-electron chi connectivity index (χ0n) is 13.3. The van der Waals surface area contributed by atoms with Crippen molar-refractivity contribution in [2.75, 3.05) is 26.2 Å². The Bertz CT molecular complexity index is 870. The highest BCUT2D eigenvalue weighted by Crippen LogP contribution is 2.20. The highest BCUT2D eigenvalue weighted by atomic mass is 32.2. The van der Waals surface area contributed by atoms with Gasteiger partial charge in [-0.05, 0) is 30.3 Å². The first kappa shape index (κ1) is 17.4. The van der Waals surface area contributed by atoms with E-state index in [2.05, 4.69) is 0 Å². The van der Waals surface area contributed by atoms with Gasteiger partial charge in [-0.15, -0.1) is 0 Å². The van der Waals surface area contributed by atoms with E-state index in [0.717, 1.165) is 6.07 Å². The maximum atomic E-state index is 13.8. The molecule has 0 unspecified atom stereocenters. The van der Waals surface area contributed by atoms with Crippen LogP contribution in [0, 0.1) is 5.82 Å². The van der Waals surface area contributed by atoms with Gasteiger partial charge in [0.2, 0.25) is 15.9 Å². The molecule has 1 aromatic heterocycles. The molecular weight excluding hydrogens is 347 g/mol. The number of halogens is 1. The van der Waals surface area contributed by atoms with Crippen molar-refractivity contribution in [2.24, 2.45) is 0 Å². The standard InChI is InChI=1S/C17H17FN2O4S/c18-15-5-1-2-6-16(15)25(22,23)20-11-9-19(10-12-20)17(21)8-7-14-4-3-13-24-14/h1-8,13H,9-12H2. The van der Waals surface area contributed by atoms with Crippen molar-refractivity contribution in [3.63, 3.8) is 0 Å². The highest BCUT2D eigenvalue weighted by molar-refractivity contribution is 7.89. The molecule has 1 aliphatic heterocycles. The Kier molecular flexibility index (Phi) is 5.00. The molecule has 25 heavy (non-hydrogen) atoms. The summed E-state index contributed by atoms with van der Waals surface area (Å²) in [6.07, 6.45) is 4.46. The molecule has 1 saturated heterocycles. The molecule has 1 amide bonds. The fourth-order valence-electron chi connectivity index (χ4n) is 2.59. The van der Waals surface area contributed by atoms with Crippen LogP contribution in [0.4, 0.5) is 4.39 Å². The normalized spacial score (nSPS) is 16.4. The van der Waals surface area contributed by atoms with Gasteiger partial charge in [-0.2, -0.15) is 4.31 Å². The Labute approximate surface area is 145 Å². The first-order chi connectivity index (χ1) is 12.0. The Morgan fingerprint density at radius 1 is 1.08 bits per heavy atom. The lowest BCUT2D eigenvalue weighted by molar-refractivity contribution is -0.127. The number of sulfonamides is 1. The number of piperazine rings is 1. The molecule has 1 fully saturated rings. The third-order valence-corrected chi connectivity index (χ3v) is 5.87. The predicted molar refractivity (Wildman–Crippen MR) is 89.5 cm³/mol. The second-order valence-electron chi connectivity index (χ2n) is 5.51. The van der Waals surface area contributed by atoms with Crippen LogP contribution in [0.2, 0.25) is 0 Å². The average Bonchev–Trinajstić information content (AvgIpc) is 3.13. The van der Waals surface area contributed by atoms with Crippen molar-refractivity contribution in [1.82, 2.24) is 9.21 Å². The van der Waals surface area contributed by atoms with E-state index in [1.807, 2.05) is 0 Å². The first-order valence-corrected chi connectivity index (χ1v) is 9.17. The van der Waals surface area contributed by atoms with Gasteiger partial charge < -0.3 is 9.32 Å². The van der Waals surface area contributed by atoms with Gasteiger partial charge in [-0.25, -0.2) is 12.8 Å². The minimum absolute atomic E-state index is 0.122. The molecule has 8 heteroatoms. The summed E-state index contributed by atoms with van der Waals surface area (Å²) in [5.74, 6) is -0.434. The van der Waals surface area contributed by atoms with Crippen molar-refractivity contribution in [2.45, 2.75) is 4.90 Å². The number of benzene rings is 1. The fraction of sp³-hybridized carbons (Fsp3) is 0.235. The maximum absolute atomic E-state index is 13.8. The summed E-state index contributed by atoms with van der Waals surface area (Å²) >= 11 is 0. The topological polar surface area (TPSA) is 70.8 Å². The van der Waals surface area contributed by atoms with Crippen LogP contribution in [-0.2, 0) is 14.8 Å². The molecule has 0 N–H and O–H groups in total. The number of hydrogen-bond acceptors (Lipinski definition) is 4. The summed E-state index contributed by atoms with van der Waals surface area (Å²) in [5, 5.41) is 0. The van der Waals surface area contributed by atoms with Crippen LogP contribution in [0.15, 0.2) is 58.1 Å². The molecule has 6 nitrogen and oxygen atoms in total. The second kappa shape index (κ2) is 7.20. The smallest absolute Gasteiger partial charge is 0.246 e. The molecule has 3 rings (SSSR count). The van der Waals surface area contributed by atoms with E-state index in [1.165, 1.54) is 34.8 Å². The Morgan fingerprint density at radius 2 is 1.80 bits per heavy atom. The molecular formula is C17H17FN2O4S. The van der Waals surface area contributed by atoms with Gasteiger partial charge in [0.1, 0.15) is 16.5 Å². The third kappa shape index (κ3) is 3.80. The third-order valence-electron chi connectivity index (χ3n) is 3.94. The van der Waals surface area contributed by atoms with Gasteiger partial charge in [0.25, 0.3) is 0 Å². The summed E-state index contributed by atoms with van der Waals surface area (Å²) in [6, 6.07) is 8.73. The molecule has 0 atom stereocenters. The molecule has 0 radical (unpaired) electrons. The summed E-state index contributed by atoms with van der Waals surface area (Å²) < 4.78 is 45.1. The number of furan rings is 1. The van der Waals surface area contributed by atoms with Gasteiger partial charge in [0.15, 0.2) is 0 Å². The van der Waals surface area contributed by atoms with E-state index in [0.29, 0.717) is 5.76 Å². The quantitative estimate of drug-likeness (QED) is 0.778. The van der Waals surface area contributed by atoms with Gasteiger partial charge in [0.05, 0.1) is 6.26 Å².